The molecular formula is C18H21N3O4. The van der Waals surface area contributed by atoms with Gasteiger partial charge in [-0.2, -0.15) is 0 Å². The lowest BCUT2D eigenvalue weighted by molar-refractivity contribution is 0.0746. The number of nitrogens with one attached hydrogen (secondary N) is 1. The van der Waals surface area contributed by atoms with Crippen LogP contribution in [0.1, 0.15) is 10.4 Å². The minimum Gasteiger partial charge on any atom is -0.497 e. The van der Waals surface area contributed by atoms with E-state index in [1.54, 1.807) is 44.7 Å². The van der Waals surface area contributed by atoms with Crippen molar-refractivity contribution in [1.82, 2.24) is 9.88 Å². The maximum atomic E-state index is 12.8. The predicted molar refractivity (Wildman–Crippen MR) is 94.7 cm³/mol. The van der Waals surface area contributed by atoms with Crippen molar-refractivity contribution in [2.24, 2.45) is 0 Å². The van der Waals surface area contributed by atoms with E-state index in [4.69, 9.17) is 9.47 Å². The molecule has 1 saturated heterocycles. The molecule has 1 N–H and O–H groups in total. The minimum absolute atomic E-state index is 0.0432. The number of rotatable bonds is 4. The van der Waals surface area contributed by atoms with E-state index >= 15 is 0 Å². The third kappa shape index (κ3) is 3.76. The van der Waals surface area contributed by atoms with E-state index in [1.807, 2.05) is 4.90 Å². The number of nitrogens with zero attached hydrogens (tertiary/aromatic N) is 2. The third-order valence-electron chi connectivity index (χ3n) is 4.30. The number of amides is 1. The number of H-pyrrole nitrogens is 1. The smallest absolute Gasteiger partial charge is 0.254 e. The van der Waals surface area contributed by atoms with Crippen molar-refractivity contribution in [3.8, 4) is 11.5 Å². The highest BCUT2D eigenvalue weighted by Crippen LogP contribution is 2.24. The highest BCUT2D eigenvalue weighted by Gasteiger charge is 2.23. The van der Waals surface area contributed by atoms with Crippen molar-refractivity contribution in [3.63, 3.8) is 0 Å². The highest BCUT2D eigenvalue weighted by molar-refractivity contribution is 5.95. The van der Waals surface area contributed by atoms with Crippen molar-refractivity contribution >= 4 is 11.6 Å². The number of pyridine rings is 1. The van der Waals surface area contributed by atoms with Gasteiger partial charge >= 0.3 is 0 Å². The third-order valence-corrected chi connectivity index (χ3v) is 4.30. The summed E-state index contributed by atoms with van der Waals surface area (Å²) in [5.41, 5.74) is 1.38. The first-order valence-corrected chi connectivity index (χ1v) is 8.07. The van der Waals surface area contributed by atoms with E-state index in [0.29, 0.717) is 43.2 Å². The number of carbonyl (C=O) groups is 1. The Kier molecular flexibility index (Phi) is 4.92. The van der Waals surface area contributed by atoms with Crippen LogP contribution in [0.25, 0.3) is 0 Å². The van der Waals surface area contributed by atoms with Crippen LogP contribution in [-0.2, 0) is 0 Å². The van der Waals surface area contributed by atoms with Crippen LogP contribution in [0.5, 0.6) is 11.5 Å². The molecule has 1 fully saturated rings. The maximum absolute atomic E-state index is 12.8. The van der Waals surface area contributed by atoms with Crippen LogP contribution in [0.4, 0.5) is 5.69 Å². The molecule has 0 saturated carbocycles. The molecule has 0 unspecified atom stereocenters. The normalized spacial score (nSPS) is 14.3. The Balaban J connectivity index is 1.69. The summed E-state index contributed by atoms with van der Waals surface area (Å²) < 4.78 is 10.5. The molecule has 1 aromatic carbocycles. The summed E-state index contributed by atoms with van der Waals surface area (Å²) in [6, 6.07) is 8.49. The topological polar surface area (TPSA) is 74.9 Å². The Morgan fingerprint density at radius 1 is 1.00 bits per heavy atom. The maximum Gasteiger partial charge on any atom is 0.254 e. The SMILES string of the molecule is COc1cc(OC)cc(C(=O)N2CCN(c3ccc(=O)[nH]c3)CC2)c1. The Bertz CT molecular complexity index is 767. The molecule has 7 heteroatoms. The second-order valence-corrected chi connectivity index (χ2v) is 5.79. The van der Waals surface area contributed by atoms with Crippen molar-refractivity contribution in [2.75, 3.05) is 45.3 Å². The van der Waals surface area contributed by atoms with Crippen molar-refractivity contribution in [2.45, 2.75) is 0 Å². The average Bonchev–Trinajstić information content (AvgIpc) is 2.67. The lowest BCUT2D eigenvalue weighted by Gasteiger charge is -2.36. The van der Waals surface area contributed by atoms with E-state index in [9.17, 15) is 9.59 Å². The molecule has 1 aromatic heterocycles. The van der Waals surface area contributed by atoms with Gasteiger partial charge in [0, 0.05) is 50.1 Å². The molecule has 0 atom stereocenters. The first-order valence-electron chi connectivity index (χ1n) is 8.07. The molecule has 7 nitrogen and oxygen atoms in total. The Labute approximate surface area is 145 Å². The molecule has 1 aliphatic rings. The zero-order chi connectivity index (χ0) is 17.8. The molecule has 1 aliphatic heterocycles. The quantitative estimate of drug-likeness (QED) is 0.907. The standard InChI is InChI=1S/C18H21N3O4/c1-24-15-9-13(10-16(11-15)25-2)18(23)21-7-5-20(6-8-21)14-3-4-17(22)19-12-14/h3-4,9-12H,5-8H2,1-2H3,(H,19,22). The molecule has 2 heterocycles. The fraction of sp³-hybridized carbons (Fsp3) is 0.333. The monoisotopic (exact) mass is 343 g/mol. The lowest BCUT2D eigenvalue weighted by atomic mass is 10.1. The summed E-state index contributed by atoms with van der Waals surface area (Å²) in [5, 5.41) is 0. The Morgan fingerprint density at radius 2 is 1.64 bits per heavy atom. The van der Waals surface area contributed by atoms with Gasteiger partial charge in [0.05, 0.1) is 19.9 Å². The molecule has 0 aliphatic carbocycles. The molecule has 2 aromatic rings. The van der Waals surface area contributed by atoms with Gasteiger partial charge < -0.3 is 24.3 Å². The number of carbonyl (C=O) groups excluding carboxylic acids is 1. The zero-order valence-corrected chi connectivity index (χ0v) is 14.3. The summed E-state index contributed by atoms with van der Waals surface area (Å²) in [7, 11) is 3.12. The number of piperazine rings is 1. The predicted octanol–water partition coefficient (Wildman–Crippen LogP) is 1.35. The van der Waals surface area contributed by atoms with Gasteiger partial charge in [0.25, 0.3) is 5.91 Å². The van der Waals surface area contributed by atoms with Crippen molar-refractivity contribution < 1.29 is 14.3 Å². The summed E-state index contributed by atoms with van der Waals surface area (Å²) >= 11 is 0. The first-order chi connectivity index (χ1) is 12.1. The van der Waals surface area contributed by atoms with Crippen molar-refractivity contribution in [3.05, 3.63) is 52.4 Å². The molecule has 0 bridgehead atoms. The van der Waals surface area contributed by atoms with Crippen LogP contribution < -0.4 is 19.9 Å². The average molecular weight is 343 g/mol. The van der Waals surface area contributed by atoms with Gasteiger partial charge in [0.2, 0.25) is 5.56 Å². The fourth-order valence-corrected chi connectivity index (χ4v) is 2.88. The summed E-state index contributed by atoms with van der Waals surface area (Å²) in [4.78, 5) is 30.6. The molecule has 3 rings (SSSR count). The number of aromatic nitrogens is 1. The van der Waals surface area contributed by atoms with Gasteiger partial charge in [-0.05, 0) is 18.2 Å². The van der Waals surface area contributed by atoms with Gasteiger partial charge in [-0.15, -0.1) is 0 Å². The number of hydrogen-bond donors (Lipinski definition) is 1. The van der Waals surface area contributed by atoms with E-state index in [0.717, 1.165) is 5.69 Å². The van der Waals surface area contributed by atoms with Crippen LogP contribution in [0, 0.1) is 0 Å². The van der Waals surface area contributed by atoms with Crippen LogP contribution in [0.2, 0.25) is 0 Å². The number of benzene rings is 1. The van der Waals surface area contributed by atoms with E-state index in [-0.39, 0.29) is 11.5 Å². The van der Waals surface area contributed by atoms with Gasteiger partial charge in [0.15, 0.2) is 0 Å². The van der Waals surface area contributed by atoms with Gasteiger partial charge in [-0.1, -0.05) is 0 Å². The molecule has 1 amide bonds. The highest BCUT2D eigenvalue weighted by atomic mass is 16.5. The second-order valence-electron chi connectivity index (χ2n) is 5.79. The summed E-state index contributed by atoms with van der Waals surface area (Å²) in [6.07, 6.45) is 1.70. The second kappa shape index (κ2) is 7.29. The van der Waals surface area contributed by atoms with Gasteiger partial charge in [-0.3, -0.25) is 9.59 Å². The molecule has 25 heavy (non-hydrogen) atoms. The van der Waals surface area contributed by atoms with E-state index < -0.39 is 0 Å². The Hall–Kier alpha value is -2.96. The molecule has 0 spiro atoms. The van der Waals surface area contributed by atoms with E-state index in [1.165, 1.54) is 6.07 Å². The van der Waals surface area contributed by atoms with Crippen LogP contribution in [0.3, 0.4) is 0 Å². The Morgan fingerprint density at radius 3 is 2.16 bits per heavy atom. The van der Waals surface area contributed by atoms with E-state index in [2.05, 4.69) is 9.88 Å². The lowest BCUT2D eigenvalue weighted by Crippen LogP contribution is -2.48. The number of hydrogen-bond acceptors (Lipinski definition) is 5. The summed E-state index contributed by atoms with van der Waals surface area (Å²) in [6.45, 7) is 2.63. The number of aromatic amines is 1. The zero-order valence-electron chi connectivity index (χ0n) is 14.3. The van der Waals surface area contributed by atoms with Crippen LogP contribution in [0.15, 0.2) is 41.3 Å². The van der Waals surface area contributed by atoms with Gasteiger partial charge in [-0.25, -0.2) is 0 Å². The molecular weight excluding hydrogens is 322 g/mol. The first kappa shape index (κ1) is 16.9. The van der Waals surface area contributed by atoms with Crippen LogP contribution >= 0.6 is 0 Å². The fourth-order valence-electron chi connectivity index (χ4n) is 2.88. The molecule has 0 radical (unpaired) electrons. The largest absolute Gasteiger partial charge is 0.497 e. The molecule has 132 valence electrons. The summed E-state index contributed by atoms with van der Waals surface area (Å²) in [5.74, 6) is 1.14. The van der Waals surface area contributed by atoms with Gasteiger partial charge in [0.1, 0.15) is 11.5 Å². The number of methoxy groups -OCH3 is 2. The number of anilines is 1. The van der Waals surface area contributed by atoms with Crippen molar-refractivity contribution in [1.29, 1.82) is 0 Å². The van der Waals surface area contributed by atoms with Crippen LogP contribution in [-0.4, -0.2) is 56.2 Å². The minimum atomic E-state index is -0.121. The number of ether oxygens (including phenoxy) is 2.